The van der Waals surface area contributed by atoms with E-state index in [0.29, 0.717) is 18.3 Å². The number of fused-ring (bicyclic) bond motifs is 1. The molecule has 56 valence electrons. The van der Waals surface area contributed by atoms with Gasteiger partial charge >= 0.3 is 0 Å². The Morgan fingerprint density at radius 3 is 3.00 bits per heavy atom. The van der Waals surface area contributed by atoms with Gasteiger partial charge in [0.05, 0.1) is 11.4 Å². The van der Waals surface area contributed by atoms with Crippen LogP contribution in [0.5, 0.6) is 0 Å². The zero-order valence-electron chi connectivity index (χ0n) is 5.80. The monoisotopic (exact) mass is 159 g/mol. The molecule has 1 saturated heterocycles. The first kappa shape index (κ1) is 6.47. The van der Waals surface area contributed by atoms with Crippen LogP contribution in [0.3, 0.4) is 0 Å². The van der Waals surface area contributed by atoms with Crippen LogP contribution in [0.2, 0.25) is 0 Å². The lowest BCUT2D eigenvalue weighted by molar-refractivity contribution is -0.123. The molecule has 1 saturated carbocycles. The molecule has 0 aromatic rings. The predicted molar refractivity (Wildman–Crippen MR) is 38.8 cm³/mol. The van der Waals surface area contributed by atoms with Crippen molar-refractivity contribution in [2.24, 2.45) is 11.8 Å². The van der Waals surface area contributed by atoms with Gasteiger partial charge in [0.25, 0.3) is 0 Å². The molecular weight excluding hydrogens is 150 g/mol. The fraction of sp³-hybridized carbons (Fsp3) is 0.857. The third kappa shape index (κ3) is 0.749. The van der Waals surface area contributed by atoms with Crippen molar-refractivity contribution in [2.75, 3.05) is 0 Å². The van der Waals surface area contributed by atoms with Crippen LogP contribution in [-0.4, -0.2) is 17.3 Å². The molecule has 10 heavy (non-hydrogen) atoms. The summed E-state index contributed by atoms with van der Waals surface area (Å²) in [6, 6.07) is 0.290. The Kier molecular flexibility index (Phi) is 1.21. The molecule has 2 fully saturated rings. The topological polar surface area (TPSA) is 29.1 Å². The van der Waals surface area contributed by atoms with E-state index in [2.05, 4.69) is 12.2 Å². The summed E-state index contributed by atoms with van der Waals surface area (Å²) < 4.78 is 0. The van der Waals surface area contributed by atoms with E-state index in [4.69, 9.17) is 11.6 Å². The van der Waals surface area contributed by atoms with E-state index >= 15 is 0 Å². The number of alkyl halides is 1. The molecule has 2 rings (SSSR count). The van der Waals surface area contributed by atoms with Gasteiger partial charge in [-0.25, -0.2) is 0 Å². The lowest BCUT2D eigenvalue weighted by Gasteiger charge is -2.15. The lowest BCUT2D eigenvalue weighted by atomic mass is 9.99. The highest BCUT2D eigenvalue weighted by Gasteiger charge is 2.55. The number of rotatable bonds is 0. The highest BCUT2D eigenvalue weighted by Crippen LogP contribution is 2.46. The molecule has 1 amide bonds. The number of carbonyl (C=O) groups is 1. The number of halogens is 1. The number of amides is 1. The van der Waals surface area contributed by atoms with Gasteiger partial charge in [0.1, 0.15) is 0 Å². The van der Waals surface area contributed by atoms with Crippen LogP contribution >= 0.6 is 11.6 Å². The molecule has 0 aromatic carbocycles. The van der Waals surface area contributed by atoms with Crippen molar-refractivity contribution in [3.8, 4) is 0 Å². The second-order valence-corrected chi connectivity index (χ2v) is 3.80. The maximum atomic E-state index is 10.9. The second-order valence-electron chi connectivity index (χ2n) is 3.30. The number of hydrogen-bond donors (Lipinski definition) is 1. The van der Waals surface area contributed by atoms with Crippen LogP contribution in [0.4, 0.5) is 0 Å². The normalized spacial score (nSPS) is 51.6. The van der Waals surface area contributed by atoms with Gasteiger partial charge in [-0.3, -0.25) is 4.79 Å². The third-order valence-electron chi connectivity index (χ3n) is 2.48. The Hall–Kier alpha value is -0.240. The van der Waals surface area contributed by atoms with Gasteiger partial charge in [-0.15, -0.1) is 11.6 Å². The number of nitrogens with one attached hydrogen (secondary N) is 1. The van der Waals surface area contributed by atoms with Gasteiger partial charge in [0.15, 0.2) is 0 Å². The first-order chi connectivity index (χ1) is 4.70. The largest absolute Gasteiger partial charge is 0.352 e. The average molecular weight is 160 g/mol. The van der Waals surface area contributed by atoms with E-state index < -0.39 is 0 Å². The number of hydrogen-bond acceptors (Lipinski definition) is 1. The van der Waals surface area contributed by atoms with Crippen LogP contribution in [0.15, 0.2) is 0 Å². The minimum atomic E-state index is 0.164. The Labute approximate surface area is 64.9 Å². The molecule has 0 spiro atoms. The fourth-order valence-electron chi connectivity index (χ4n) is 1.81. The Bertz CT molecular complexity index is 172. The predicted octanol–water partition coefficient (Wildman–Crippen LogP) is 0.748. The summed E-state index contributed by atoms with van der Waals surface area (Å²) in [5.41, 5.74) is 0. The first-order valence-corrected chi connectivity index (χ1v) is 4.07. The lowest BCUT2D eigenvalue weighted by Crippen LogP contribution is -2.34. The molecule has 3 unspecified atom stereocenters. The van der Waals surface area contributed by atoms with Crippen molar-refractivity contribution in [2.45, 2.75) is 24.8 Å². The van der Waals surface area contributed by atoms with Crippen LogP contribution in [0, 0.1) is 11.8 Å². The smallest absolute Gasteiger partial charge is 0.220 e. The van der Waals surface area contributed by atoms with Gasteiger partial charge in [-0.05, 0) is 5.92 Å². The summed E-state index contributed by atoms with van der Waals surface area (Å²) in [5, 5.41) is 3.07. The fourth-order valence-corrected chi connectivity index (χ4v) is 2.36. The van der Waals surface area contributed by atoms with E-state index in [1.54, 1.807) is 0 Å². The standard InChI is InChI=1S/C7H10ClNO/c1-3-2-4(10)9-7-5(3)6(7)8/h3,5-7H,2H2,1H3,(H,9,10)/t3?,5?,6-,7?/m1/s1. The molecule has 1 N–H and O–H groups in total. The summed E-state index contributed by atoms with van der Waals surface area (Å²) in [5.74, 6) is 1.21. The minimum Gasteiger partial charge on any atom is -0.352 e. The Balaban J connectivity index is 2.09. The number of piperidine rings is 1. The van der Waals surface area contributed by atoms with Gasteiger partial charge in [-0.2, -0.15) is 0 Å². The highest BCUT2D eigenvalue weighted by atomic mass is 35.5. The van der Waals surface area contributed by atoms with Crippen LogP contribution < -0.4 is 5.32 Å². The average Bonchev–Trinajstić information content (AvgIpc) is 2.42. The molecule has 2 nitrogen and oxygen atoms in total. The molecule has 0 radical (unpaired) electrons. The highest BCUT2D eigenvalue weighted by molar-refractivity contribution is 6.24. The third-order valence-corrected chi connectivity index (χ3v) is 3.04. The maximum Gasteiger partial charge on any atom is 0.220 e. The molecule has 0 aromatic heterocycles. The van der Waals surface area contributed by atoms with Crippen molar-refractivity contribution >= 4 is 17.5 Å². The van der Waals surface area contributed by atoms with Crippen molar-refractivity contribution in [3.05, 3.63) is 0 Å². The number of carbonyl (C=O) groups excluding carboxylic acids is 1. The molecule has 1 aliphatic heterocycles. The summed E-state index contributed by atoms with van der Waals surface area (Å²) >= 11 is 5.90. The molecule has 1 heterocycles. The second kappa shape index (κ2) is 1.88. The van der Waals surface area contributed by atoms with E-state index in [9.17, 15) is 4.79 Å². The van der Waals surface area contributed by atoms with E-state index in [0.717, 1.165) is 0 Å². The van der Waals surface area contributed by atoms with Gasteiger partial charge in [0.2, 0.25) is 5.91 Å². The first-order valence-electron chi connectivity index (χ1n) is 3.63. The molecular formula is C7H10ClNO. The van der Waals surface area contributed by atoms with Gasteiger partial charge < -0.3 is 5.32 Å². The molecule has 3 heteroatoms. The van der Waals surface area contributed by atoms with E-state index in [1.807, 2.05) is 0 Å². The quantitative estimate of drug-likeness (QED) is 0.520. The van der Waals surface area contributed by atoms with E-state index in [1.165, 1.54) is 0 Å². The molecule has 0 bridgehead atoms. The van der Waals surface area contributed by atoms with Crippen molar-refractivity contribution in [1.29, 1.82) is 0 Å². The summed E-state index contributed by atoms with van der Waals surface area (Å²) in [6.45, 7) is 2.10. The molecule has 2 aliphatic rings. The zero-order chi connectivity index (χ0) is 7.30. The maximum absolute atomic E-state index is 10.9. The Morgan fingerprint density at radius 2 is 2.40 bits per heavy atom. The molecule has 1 aliphatic carbocycles. The summed E-state index contributed by atoms with van der Waals surface area (Å²) in [4.78, 5) is 10.9. The van der Waals surface area contributed by atoms with Crippen molar-refractivity contribution in [1.82, 2.24) is 5.32 Å². The van der Waals surface area contributed by atoms with Gasteiger partial charge in [0, 0.05) is 12.3 Å². The Morgan fingerprint density at radius 1 is 1.70 bits per heavy atom. The van der Waals surface area contributed by atoms with Crippen LogP contribution in [0.25, 0.3) is 0 Å². The molecule has 4 atom stereocenters. The minimum absolute atomic E-state index is 0.164. The van der Waals surface area contributed by atoms with Crippen molar-refractivity contribution in [3.63, 3.8) is 0 Å². The summed E-state index contributed by atoms with van der Waals surface area (Å²) in [7, 11) is 0. The van der Waals surface area contributed by atoms with E-state index in [-0.39, 0.29) is 17.3 Å². The van der Waals surface area contributed by atoms with Crippen LogP contribution in [0.1, 0.15) is 13.3 Å². The SMILES string of the molecule is CC1CC(=O)NC2C1[C@H]2Cl. The zero-order valence-corrected chi connectivity index (χ0v) is 6.56. The summed E-state index contributed by atoms with van der Waals surface area (Å²) in [6.07, 6.45) is 0.657. The van der Waals surface area contributed by atoms with Crippen LogP contribution in [-0.2, 0) is 4.79 Å². The van der Waals surface area contributed by atoms with Crippen molar-refractivity contribution < 1.29 is 4.79 Å². The van der Waals surface area contributed by atoms with Gasteiger partial charge in [-0.1, -0.05) is 6.92 Å².